The molecule has 0 saturated heterocycles. The van der Waals surface area contributed by atoms with Gasteiger partial charge in [0.05, 0.1) is 0 Å². The second-order valence-electron chi connectivity index (χ2n) is 2.59. The number of allylic oxidation sites excluding steroid dienone is 5. The molecular weight excluding hydrogens is 158 g/mol. The molecule has 0 aliphatic heterocycles. The van der Waals surface area contributed by atoms with Crippen LogP contribution in [0.3, 0.4) is 0 Å². The van der Waals surface area contributed by atoms with E-state index in [-0.39, 0.29) is 0 Å². The zero-order chi connectivity index (χ0) is 10.1. The van der Waals surface area contributed by atoms with Gasteiger partial charge in [-0.15, -0.1) is 0 Å². The quantitative estimate of drug-likeness (QED) is 0.581. The zero-order valence-corrected chi connectivity index (χ0v) is 8.83. The van der Waals surface area contributed by atoms with Gasteiger partial charge >= 0.3 is 0 Å². The lowest BCUT2D eigenvalue weighted by molar-refractivity contribution is 0.508. The first-order valence-electron chi connectivity index (χ1n) is 4.65. The van der Waals surface area contributed by atoms with E-state index < -0.39 is 0 Å². The van der Waals surface area contributed by atoms with E-state index in [0.717, 1.165) is 12.2 Å². The molecule has 0 radical (unpaired) electrons. The average Bonchev–Trinajstić information content (AvgIpc) is 2.16. The monoisotopic (exact) mass is 177 g/mol. The van der Waals surface area contributed by atoms with E-state index in [2.05, 4.69) is 30.6 Å². The Hall–Kier alpha value is -1.24. The second kappa shape index (κ2) is 7.41. The summed E-state index contributed by atoms with van der Waals surface area (Å²) in [6, 6.07) is 0. The van der Waals surface area contributed by atoms with E-state index in [4.69, 9.17) is 0 Å². The summed E-state index contributed by atoms with van der Waals surface area (Å²) < 4.78 is 0. The summed E-state index contributed by atoms with van der Waals surface area (Å²) in [6.07, 6.45) is 12.1. The zero-order valence-electron chi connectivity index (χ0n) is 8.83. The van der Waals surface area contributed by atoms with Gasteiger partial charge in [-0.2, -0.15) is 0 Å². The van der Waals surface area contributed by atoms with Gasteiger partial charge in [-0.3, -0.25) is 0 Å². The minimum atomic E-state index is 0.942. The van der Waals surface area contributed by atoms with Gasteiger partial charge in [-0.05, 0) is 39.1 Å². The summed E-state index contributed by atoms with van der Waals surface area (Å²) in [5.74, 6) is 0. The number of hydrogen-bond acceptors (Lipinski definition) is 1. The van der Waals surface area contributed by atoms with Crippen molar-refractivity contribution in [2.24, 2.45) is 0 Å². The predicted molar refractivity (Wildman–Crippen MR) is 60.3 cm³/mol. The summed E-state index contributed by atoms with van der Waals surface area (Å²) in [6.45, 7) is 10.8. The van der Waals surface area contributed by atoms with Gasteiger partial charge in [0, 0.05) is 12.2 Å². The number of rotatable bonds is 5. The van der Waals surface area contributed by atoms with Gasteiger partial charge in [-0.25, -0.2) is 0 Å². The van der Waals surface area contributed by atoms with Gasteiger partial charge in [0.1, 0.15) is 0 Å². The van der Waals surface area contributed by atoms with E-state index in [1.807, 2.05) is 38.3 Å². The molecule has 0 fully saturated rings. The highest BCUT2D eigenvalue weighted by molar-refractivity contribution is 5.23. The molecule has 0 unspecified atom stereocenters. The molecule has 0 N–H and O–H groups in total. The van der Waals surface area contributed by atoms with Gasteiger partial charge in [0.2, 0.25) is 0 Å². The molecule has 0 heterocycles. The Morgan fingerprint density at radius 1 is 1.31 bits per heavy atom. The summed E-state index contributed by atoms with van der Waals surface area (Å²) in [5.41, 5.74) is 1.16. The molecule has 0 bridgehead atoms. The topological polar surface area (TPSA) is 3.24 Å². The van der Waals surface area contributed by atoms with Crippen molar-refractivity contribution in [3.8, 4) is 0 Å². The van der Waals surface area contributed by atoms with Crippen LogP contribution in [0.25, 0.3) is 0 Å². The van der Waals surface area contributed by atoms with Crippen molar-refractivity contribution in [3.05, 3.63) is 48.9 Å². The first kappa shape index (κ1) is 11.8. The molecule has 1 nitrogen and oxygen atoms in total. The van der Waals surface area contributed by atoms with Crippen molar-refractivity contribution in [1.29, 1.82) is 0 Å². The van der Waals surface area contributed by atoms with Crippen molar-refractivity contribution >= 4 is 0 Å². The van der Waals surface area contributed by atoms with Crippen LogP contribution < -0.4 is 0 Å². The van der Waals surface area contributed by atoms with Crippen molar-refractivity contribution in [2.75, 3.05) is 6.54 Å². The summed E-state index contributed by atoms with van der Waals surface area (Å²) in [7, 11) is 0. The Morgan fingerprint density at radius 2 is 2.00 bits per heavy atom. The van der Waals surface area contributed by atoms with E-state index in [9.17, 15) is 0 Å². The van der Waals surface area contributed by atoms with E-state index in [1.54, 1.807) is 0 Å². The van der Waals surface area contributed by atoms with Gasteiger partial charge in [0.25, 0.3) is 0 Å². The first-order chi connectivity index (χ1) is 6.29. The van der Waals surface area contributed by atoms with Gasteiger partial charge in [0.15, 0.2) is 0 Å². The third-order valence-electron chi connectivity index (χ3n) is 1.69. The fourth-order valence-electron chi connectivity index (χ4n) is 1.03. The molecule has 0 atom stereocenters. The normalized spacial score (nSPS) is 12.7. The minimum absolute atomic E-state index is 0.942. The molecule has 0 spiro atoms. The lowest BCUT2D eigenvalue weighted by Crippen LogP contribution is -2.13. The summed E-state index contributed by atoms with van der Waals surface area (Å²) in [4.78, 5) is 2.10. The van der Waals surface area contributed by atoms with Gasteiger partial charge < -0.3 is 4.90 Å². The Kier molecular flexibility index (Phi) is 6.70. The molecule has 0 aliphatic carbocycles. The number of hydrogen-bond donors (Lipinski definition) is 0. The summed E-state index contributed by atoms with van der Waals surface area (Å²) in [5, 5.41) is 0. The Labute approximate surface area is 81.8 Å². The number of likely N-dealkylation sites (N-methyl/N-ethyl adjacent to an activating group) is 1. The average molecular weight is 177 g/mol. The maximum Gasteiger partial charge on any atom is 0.0402 e. The first-order valence-corrected chi connectivity index (χ1v) is 4.65. The van der Waals surface area contributed by atoms with Crippen molar-refractivity contribution in [3.63, 3.8) is 0 Å². The van der Waals surface area contributed by atoms with Crippen LogP contribution in [0.5, 0.6) is 0 Å². The lowest BCUT2D eigenvalue weighted by Gasteiger charge is -2.18. The van der Waals surface area contributed by atoms with Crippen molar-refractivity contribution in [1.82, 2.24) is 4.90 Å². The van der Waals surface area contributed by atoms with Crippen LogP contribution in [-0.4, -0.2) is 11.4 Å². The van der Waals surface area contributed by atoms with Crippen LogP contribution in [0.4, 0.5) is 0 Å². The van der Waals surface area contributed by atoms with Crippen molar-refractivity contribution in [2.45, 2.75) is 20.8 Å². The fraction of sp³-hybridized carbons (Fsp3) is 0.333. The molecule has 0 aromatic rings. The minimum Gasteiger partial charge on any atom is -0.349 e. The molecule has 0 aromatic heterocycles. The van der Waals surface area contributed by atoms with E-state index >= 15 is 0 Å². The predicted octanol–water partition coefficient (Wildman–Crippen LogP) is 3.49. The third-order valence-corrected chi connectivity index (χ3v) is 1.69. The maximum atomic E-state index is 3.77. The molecule has 0 rings (SSSR count). The summed E-state index contributed by atoms with van der Waals surface area (Å²) >= 11 is 0. The van der Waals surface area contributed by atoms with E-state index in [0.29, 0.717) is 0 Å². The van der Waals surface area contributed by atoms with Crippen molar-refractivity contribution < 1.29 is 0 Å². The van der Waals surface area contributed by atoms with Crippen LogP contribution in [0.1, 0.15) is 20.8 Å². The molecule has 1 heteroatoms. The third kappa shape index (κ3) is 4.36. The largest absolute Gasteiger partial charge is 0.349 e. The molecule has 0 saturated carbocycles. The maximum absolute atomic E-state index is 3.77. The van der Waals surface area contributed by atoms with Crippen LogP contribution >= 0.6 is 0 Å². The molecular formula is C12H19N. The SMILES string of the molecule is C=CN(CC)C(/C=C\C)=C/C=C\C. The van der Waals surface area contributed by atoms with Crippen LogP contribution in [0.2, 0.25) is 0 Å². The molecule has 0 aliphatic rings. The lowest BCUT2D eigenvalue weighted by atomic mass is 10.3. The number of nitrogens with zero attached hydrogens (tertiary/aromatic N) is 1. The molecule has 13 heavy (non-hydrogen) atoms. The smallest absolute Gasteiger partial charge is 0.0402 e. The highest BCUT2D eigenvalue weighted by atomic mass is 15.1. The van der Waals surface area contributed by atoms with Gasteiger partial charge in [-0.1, -0.05) is 24.8 Å². The molecule has 72 valence electrons. The van der Waals surface area contributed by atoms with Crippen LogP contribution in [-0.2, 0) is 0 Å². The Morgan fingerprint density at radius 3 is 2.38 bits per heavy atom. The second-order valence-corrected chi connectivity index (χ2v) is 2.59. The van der Waals surface area contributed by atoms with Crippen LogP contribution in [0, 0.1) is 0 Å². The Bertz CT molecular complexity index is 221. The van der Waals surface area contributed by atoms with Crippen LogP contribution in [0.15, 0.2) is 48.9 Å². The highest BCUT2D eigenvalue weighted by Gasteiger charge is 1.97. The standard InChI is InChI=1S/C12H19N/c1-5-9-11-12(10-6-2)13(7-3)8-4/h5-7,9-11H,3,8H2,1-2,4H3/b9-5-,10-6-,12-11+. The molecule has 0 amide bonds. The highest BCUT2D eigenvalue weighted by Crippen LogP contribution is 2.06. The van der Waals surface area contributed by atoms with E-state index in [1.165, 1.54) is 0 Å². The Balaban J connectivity index is 4.66. The fourth-order valence-corrected chi connectivity index (χ4v) is 1.03. The molecule has 0 aromatic carbocycles.